The van der Waals surface area contributed by atoms with Crippen LogP contribution in [0.25, 0.3) is 0 Å². The lowest BCUT2D eigenvalue weighted by Crippen LogP contribution is -2.13. The molecule has 0 aliphatic carbocycles. The Morgan fingerprint density at radius 1 is 1.25 bits per heavy atom. The van der Waals surface area contributed by atoms with Crippen LogP contribution < -0.4 is 11.1 Å². The summed E-state index contributed by atoms with van der Waals surface area (Å²) in [5.74, 6) is -0.760. The number of halogens is 3. The average molecular weight is 313 g/mol. The molecule has 0 radical (unpaired) electrons. The van der Waals surface area contributed by atoms with Crippen molar-refractivity contribution in [1.82, 2.24) is 0 Å². The third-order valence-electron chi connectivity index (χ3n) is 2.76. The number of anilines is 2. The van der Waals surface area contributed by atoms with Crippen LogP contribution in [0.1, 0.15) is 15.9 Å². The Hall–Kier alpha value is -1.78. The minimum Gasteiger partial charge on any atom is -0.397 e. The Bertz CT molecular complexity index is 666. The predicted octanol–water partition coefficient (Wildman–Crippen LogP) is 4.28. The Balaban J connectivity index is 2.28. The fourth-order valence-electron chi connectivity index (χ4n) is 1.70. The van der Waals surface area contributed by atoms with Crippen molar-refractivity contribution in [2.45, 2.75) is 6.92 Å². The number of hydrogen-bond acceptors (Lipinski definition) is 2. The van der Waals surface area contributed by atoms with Crippen molar-refractivity contribution < 1.29 is 9.18 Å². The van der Waals surface area contributed by atoms with Gasteiger partial charge in [0.1, 0.15) is 5.82 Å². The van der Waals surface area contributed by atoms with Gasteiger partial charge in [-0.2, -0.15) is 0 Å². The van der Waals surface area contributed by atoms with Crippen molar-refractivity contribution in [3.63, 3.8) is 0 Å². The van der Waals surface area contributed by atoms with Crippen LogP contribution in [0.3, 0.4) is 0 Å². The Morgan fingerprint density at radius 3 is 2.55 bits per heavy atom. The highest BCUT2D eigenvalue weighted by molar-refractivity contribution is 6.44. The molecule has 2 aromatic carbocycles. The summed E-state index contributed by atoms with van der Waals surface area (Å²) in [6, 6.07) is 6.95. The zero-order valence-corrected chi connectivity index (χ0v) is 12.0. The third kappa shape index (κ3) is 3.03. The maximum absolute atomic E-state index is 13.0. The molecule has 2 aromatic rings. The minimum absolute atomic E-state index is 0.202. The van der Waals surface area contributed by atoms with E-state index in [0.29, 0.717) is 11.3 Å². The monoisotopic (exact) mass is 312 g/mol. The van der Waals surface area contributed by atoms with E-state index in [0.717, 1.165) is 0 Å². The molecule has 0 saturated heterocycles. The number of carbonyl (C=O) groups is 1. The Kier molecular flexibility index (Phi) is 4.16. The lowest BCUT2D eigenvalue weighted by molar-refractivity contribution is 0.102. The molecule has 1 amide bonds. The molecular weight excluding hydrogens is 302 g/mol. The largest absolute Gasteiger partial charge is 0.397 e. The summed E-state index contributed by atoms with van der Waals surface area (Å²) in [6.07, 6.45) is 0. The summed E-state index contributed by atoms with van der Waals surface area (Å²) in [5, 5.41) is 3.08. The van der Waals surface area contributed by atoms with E-state index in [-0.39, 0.29) is 27.1 Å². The van der Waals surface area contributed by atoms with Crippen molar-refractivity contribution in [3.05, 3.63) is 57.3 Å². The molecule has 0 aliphatic rings. The Morgan fingerprint density at radius 2 is 1.95 bits per heavy atom. The zero-order chi connectivity index (χ0) is 14.9. The second kappa shape index (κ2) is 5.69. The van der Waals surface area contributed by atoms with Crippen molar-refractivity contribution in [2.75, 3.05) is 11.1 Å². The highest BCUT2D eigenvalue weighted by Gasteiger charge is 2.12. The predicted molar refractivity (Wildman–Crippen MR) is 80.0 cm³/mol. The maximum Gasteiger partial charge on any atom is 0.255 e. The number of rotatable bonds is 2. The van der Waals surface area contributed by atoms with E-state index < -0.39 is 5.91 Å². The zero-order valence-electron chi connectivity index (χ0n) is 10.5. The lowest BCUT2D eigenvalue weighted by atomic mass is 10.1. The van der Waals surface area contributed by atoms with Crippen LogP contribution in [0.4, 0.5) is 15.8 Å². The molecule has 0 bridgehead atoms. The van der Waals surface area contributed by atoms with Gasteiger partial charge in [-0.3, -0.25) is 4.79 Å². The first kappa shape index (κ1) is 14.6. The molecule has 0 aliphatic heterocycles. The summed E-state index contributed by atoms with van der Waals surface area (Å²) >= 11 is 11.7. The first-order valence-electron chi connectivity index (χ1n) is 5.70. The quantitative estimate of drug-likeness (QED) is 0.813. The first-order chi connectivity index (χ1) is 9.38. The van der Waals surface area contributed by atoms with Gasteiger partial charge < -0.3 is 11.1 Å². The van der Waals surface area contributed by atoms with Gasteiger partial charge in [-0.15, -0.1) is 0 Å². The Labute approximate surface area is 125 Å². The molecule has 0 fully saturated rings. The number of aryl methyl sites for hydroxylation is 1. The summed E-state index contributed by atoms with van der Waals surface area (Å²) in [4.78, 5) is 12.1. The van der Waals surface area contributed by atoms with E-state index in [9.17, 15) is 9.18 Å². The smallest absolute Gasteiger partial charge is 0.255 e. The van der Waals surface area contributed by atoms with Gasteiger partial charge in [0.25, 0.3) is 5.91 Å². The van der Waals surface area contributed by atoms with Crippen molar-refractivity contribution in [1.29, 1.82) is 0 Å². The number of amides is 1. The molecule has 0 aromatic heterocycles. The van der Waals surface area contributed by atoms with Gasteiger partial charge in [0.15, 0.2) is 0 Å². The molecule has 0 spiro atoms. The number of benzene rings is 2. The second-order valence-corrected chi connectivity index (χ2v) is 5.06. The highest BCUT2D eigenvalue weighted by atomic mass is 35.5. The van der Waals surface area contributed by atoms with E-state index in [4.69, 9.17) is 28.9 Å². The molecule has 0 saturated carbocycles. The molecule has 0 heterocycles. The second-order valence-electron chi connectivity index (χ2n) is 4.27. The highest BCUT2D eigenvalue weighted by Crippen LogP contribution is 2.29. The number of nitrogens with two attached hydrogens (primary N) is 1. The number of carbonyl (C=O) groups excluding carboxylic acids is 1. The molecule has 2 rings (SSSR count). The van der Waals surface area contributed by atoms with Crippen LogP contribution in [0.2, 0.25) is 10.0 Å². The van der Waals surface area contributed by atoms with Gasteiger partial charge in [0.2, 0.25) is 0 Å². The number of hydrogen-bond donors (Lipinski definition) is 2. The third-order valence-corrected chi connectivity index (χ3v) is 3.57. The van der Waals surface area contributed by atoms with Crippen molar-refractivity contribution >= 4 is 40.5 Å². The number of nitrogens with one attached hydrogen (secondary N) is 1. The molecule has 3 N–H and O–H groups in total. The molecule has 6 heteroatoms. The maximum atomic E-state index is 13.0. The number of nitrogen functional groups attached to an aromatic ring is 1. The molecule has 0 atom stereocenters. The average Bonchev–Trinajstić information content (AvgIpc) is 2.38. The van der Waals surface area contributed by atoms with E-state index in [1.807, 2.05) is 0 Å². The summed E-state index contributed by atoms with van der Waals surface area (Å²) in [7, 11) is 0. The van der Waals surface area contributed by atoms with Gasteiger partial charge in [-0.1, -0.05) is 23.2 Å². The molecule has 20 heavy (non-hydrogen) atoms. The van der Waals surface area contributed by atoms with Gasteiger partial charge in [0.05, 0.1) is 15.7 Å². The van der Waals surface area contributed by atoms with Crippen LogP contribution in [0.15, 0.2) is 30.3 Å². The molecule has 104 valence electrons. The van der Waals surface area contributed by atoms with E-state index >= 15 is 0 Å². The summed E-state index contributed by atoms with van der Waals surface area (Å²) in [5.41, 5.74) is 7.29. The topological polar surface area (TPSA) is 55.1 Å². The fraction of sp³-hybridized carbons (Fsp3) is 0.0714. The molecule has 0 unspecified atom stereocenters. The van der Waals surface area contributed by atoms with E-state index in [2.05, 4.69) is 5.32 Å². The van der Waals surface area contributed by atoms with Crippen LogP contribution in [-0.4, -0.2) is 5.91 Å². The van der Waals surface area contributed by atoms with Crippen LogP contribution in [0, 0.1) is 12.7 Å². The van der Waals surface area contributed by atoms with Gasteiger partial charge in [-0.25, -0.2) is 4.39 Å². The SMILES string of the molecule is Cc1cc(F)ccc1NC(=O)c1cc(N)c(Cl)c(Cl)c1. The first-order valence-corrected chi connectivity index (χ1v) is 6.46. The van der Waals surface area contributed by atoms with Crippen LogP contribution >= 0.6 is 23.2 Å². The van der Waals surface area contributed by atoms with Crippen molar-refractivity contribution in [2.24, 2.45) is 0 Å². The fourth-order valence-corrected chi connectivity index (χ4v) is 2.04. The van der Waals surface area contributed by atoms with Crippen LogP contribution in [-0.2, 0) is 0 Å². The molecule has 3 nitrogen and oxygen atoms in total. The van der Waals surface area contributed by atoms with Crippen molar-refractivity contribution in [3.8, 4) is 0 Å². The van der Waals surface area contributed by atoms with Gasteiger partial charge in [-0.05, 0) is 42.8 Å². The standard InChI is InChI=1S/C14H11Cl2FN2O/c1-7-4-9(17)2-3-12(7)19-14(20)8-5-10(15)13(16)11(18)6-8/h2-6H,18H2,1H3,(H,19,20). The van der Waals surface area contributed by atoms with Gasteiger partial charge >= 0.3 is 0 Å². The molecular formula is C14H11Cl2FN2O. The summed E-state index contributed by atoms with van der Waals surface area (Å²) in [6.45, 7) is 1.70. The van der Waals surface area contributed by atoms with E-state index in [1.54, 1.807) is 6.92 Å². The summed E-state index contributed by atoms with van der Waals surface area (Å²) < 4.78 is 13.0. The van der Waals surface area contributed by atoms with E-state index in [1.165, 1.54) is 30.3 Å². The van der Waals surface area contributed by atoms with Gasteiger partial charge in [0, 0.05) is 11.3 Å². The lowest BCUT2D eigenvalue weighted by Gasteiger charge is -2.10. The minimum atomic E-state index is -0.398. The van der Waals surface area contributed by atoms with Crippen LogP contribution in [0.5, 0.6) is 0 Å². The normalized spacial score (nSPS) is 10.4.